The molecule has 0 spiro atoms. The van der Waals surface area contributed by atoms with E-state index in [9.17, 15) is 0 Å². The standard InChI is InChI=1S/C8H19N2/c1-10(2,3)7-8-5-4-6-9-8/h8-9H,4-7H2,1-3H3/q+1. The molecule has 1 heterocycles. The molecule has 0 bridgehead atoms. The molecule has 10 heavy (non-hydrogen) atoms. The molecule has 0 aromatic heterocycles. The molecule has 1 N–H and O–H groups in total. The van der Waals surface area contributed by atoms with Gasteiger partial charge in [0.25, 0.3) is 0 Å². The monoisotopic (exact) mass is 143 g/mol. The third-order valence-electron chi connectivity index (χ3n) is 1.93. The highest BCUT2D eigenvalue weighted by atomic mass is 15.3. The van der Waals surface area contributed by atoms with Crippen LogP contribution in [0.25, 0.3) is 0 Å². The fraction of sp³-hybridized carbons (Fsp3) is 1.00. The van der Waals surface area contributed by atoms with Crippen LogP contribution in [-0.2, 0) is 0 Å². The van der Waals surface area contributed by atoms with Gasteiger partial charge in [-0.2, -0.15) is 0 Å². The van der Waals surface area contributed by atoms with Crippen LogP contribution in [0.3, 0.4) is 0 Å². The van der Waals surface area contributed by atoms with Gasteiger partial charge in [-0.3, -0.25) is 0 Å². The van der Waals surface area contributed by atoms with Gasteiger partial charge in [0.1, 0.15) is 0 Å². The molecular weight excluding hydrogens is 124 g/mol. The van der Waals surface area contributed by atoms with Crippen LogP contribution in [0.15, 0.2) is 0 Å². The number of nitrogens with one attached hydrogen (secondary N) is 1. The first kappa shape index (κ1) is 8.02. The van der Waals surface area contributed by atoms with Gasteiger partial charge in [0.2, 0.25) is 0 Å². The first-order valence-electron chi connectivity index (χ1n) is 4.12. The number of rotatable bonds is 2. The molecule has 0 amide bonds. The average Bonchev–Trinajstić information content (AvgIpc) is 2.12. The van der Waals surface area contributed by atoms with E-state index in [1.807, 2.05) is 0 Å². The fourth-order valence-corrected chi connectivity index (χ4v) is 1.57. The van der Waals surface area contributed by atoms with Gasteiger partial charge in [-0.15, -0.1) is 0 Å². The smallest absolute Gasteiger partial charge is 0.0936 e. The zero-order valence-corrected chi connectivity index (χ0v) is 7.35. The predicted octanol–water partition coefficient (Wildman–Crippen LogP) is 0.445. The summed E-state index contributed by atoms with van der Waals surface area (Å²) in [5.41, 5.74) is 0. The molecule has 0 aromatic rings. The molecule has 1 fully saturated rings. The van der Waals surface area contributed by atoms with Crippen molar-refractivity contribution in [1.29, 1.82) is 0 Å². The summed E-state index contributed by atoms with van der Waals surface area (Å²) in [5, 5.41) is 3.50. The molecule has 1 saturated heterocycles. The molecule has 2 nitrogen and oxygen atoms in total. The van der Waals surface area contributed by atoms with E-state index in [0.29, 0.717) is 0 Å². The van der Waals surface area contributed by atoms with Crippen LogP contribution in [0.1, 0.15) is 12.8 Å². The van der Waals surface area contributed by atoms with E-state index in [2.05, 4.69) is 26.5 Å². The Hall–Kier alpha value is -0.0800. The van der Waals surface area contributed by atoms with Crippen molar-refractivity contribution >= 4 is 0 Å². The quantitative estimate of drug-likeness (QED) is 0.553. The van der Waals surface area contributed by atoms with Crippen molar-refractivity contribution < 1.29 is 4.48 Å². The summed E-state index contributed by atoms with van der Waals surface area (Å²) < 4.78 is 1.08. The number of hydrogen-bond donors (Lipinski definition) is 1. The van der Waals surface area contributed by atoms with E-state index >= 15 is 0 Å². The van der Waals surface area contributed by atoms with Crippen molar-refractivity contribution in [3.63, 3.8) is 0 Å². The number of quaternary nitrogens is 1. The summed E-state index contributed by atoms with van der Waals surface area (Å²) >= 11 is 0. The lowest BCUT2D eigenvalue weighted by Crippen LogP contribution is -2.44. The molecule has 1 atom stereocenters. The van der Waals surface area contributed by atoms with Crippen LogP contribution in [-0.4, -0.2) is 44.8 Å². The summed E-state index contributed by atoms with van der Waals surface area (Å²) in [6, 6.07) is 0.778. The molecular formula is C8H19N2+. The van der Waals surface area contributed by atoms with Gasteiger partial charge in [-0.05, 0) is 19.4 Å². The van der Waals surface area contributed by atoms with E-state index in [1.165, 1.54) is 25.9 Å². The second-order valence-electron chi connectivity index (χ2n) is 4.27. The Bertz CT molecular complexity index is 98.3. The first-order valence-corrected chi connectivity index (χ1v) is 4.12. The Kier molecular flexibility index (Phi) is 2.32. The van der Waals surface area contributed by atoms with E-state index < -0.39 is 0 Å². The second kappa shape index (κ2) is 2.89. The molecule has 1 unspecified atom stereocenters. The van der Waals surface area contributed by atoms with Crippen molar-refractivity contribution in [1.82, 2.24) is 5.32 Å². The van der Waals surface area contributed by atoms with Gasteiger partial charge in [0.15, 0.2) is 0 Å². The maximum atomic E-state index is 3.50. The van der Waals surface area contributed by atoms with Crippen LogP contribution < -0.4 is 5.32 Å². The molecule has 0 saturated carbocycles. The van der Waals surface area contributed by atoms with Crippen LogP contribution in [0, 0.1) is 0 Å². The normalized spacial score (nSPS) is 27.3. The molecule has 1 aliphatic heterocycles. The van der Waals surface area contributed by atoms with Gasteiger partial charge in [-0.1, -0.05) is 0 Å². The first-order chi connectivity index (χ1) is 4.58. The minimum absolute atomic E-state index is 0.778. The summed E-state index contributed by atoms with van der Waals surface area (Å²) in [4.78, 5) is 0. The highest BCUT2D eigenvalue weighted by Gasteiger charge is 2.20. The predicted molar refractivity (Wildman–Crippen MR) is 43.9 cm³/mol. The van der Waals surface area contributed by atoms with Crippen molar-refractivity contribution in [3.05, 3.63) is 0 Å². The molecule has 0 aliphatic carbocycles. The summed E-state index contributed by atoms with van der Waals surface area (Å²) in [6.07, 6.45) is 2.74. The van der Waals surface area contributed by atoms with Gasteiger partial charge >= 0.3 is 0 Å². The van der Waals surface area contributed by atoms with Crippen LogP contribution in [0.4, 0.5) is 0 Å². The highest BCUT2D eigenvalue weighted by molar-refractivity contribution is 4.72. The van der Waals surface area contributed by atoms with E-state index in [4.69, 9.17) is 0 Å². The van der Waals surface area contributed by atoms with E-state index in [-0.39, 0.29) is 0 Å². The third kappa shape index (κ3) is 2.67. The van der Waals surface area contributed by atoms with Crippen molar-refractivity contribution in [2.24, 2.45) is 0 Å². The lowest BCUT2D eigenvalue weighted by atomic mass is 10.2. The van der Waals surface area contributed by atoms with Crippen LogP contribution in [0.2, 0.25) is 0 Å². The topological polar surface area (TPSA) is 12.0 Å². The Morgan fingerprint density at radius 1 is 1.40 bits per heavy atom. The van der Waals surface area contributed by atoms with Gasteiger partial charge < -0.3 is 9.80 Å². The van der Waals surface area contributed by atoms with Crippen molar-refractivity contribution in [2.45, 2.75) is 18.9 Å². The molecule has 0 radical (unpaired) electrons. The summed E-state index contributed by atoms with van der Waals surface area (Å²) in [7, 11) is 6.75. The average molecular weight is 143 g/mol. The van der Waals surface area contributed by atoms with Gasteiger partial charge in [-0.25, -0.2) is 0 Å². The largest absolute Gasteiger partial charge is 0.330 e. The molecule has 60 valence electrons. The van der Waals surface area contributed by atoms with Gasteiger partial charge in [0.05, 0.1) is 33.7 Å². The Balaban J connectivity index is 2.24. The Morgan fingerprint density at radius 2 is 2.10 bits per heavy atom. The SMILES string of the molecule is C[N+](C)(C)CC1CCCN1. The summed E-state index contributed by atoms with van der Waals surface area (Å²) in [6.45, 7) is 2.49. The minimum atomic E-state index is 0.778. The zero-order chi connectivity index (χ0) is 7.61. The molecule has 2 heteroatoms. The molecule has 0 aromatic carbocycles. The van der Waals surface area contributed by atoms with E-state index in [1.54, 1.807) is 0 Å². The fourth-order valence-electron chi connectivity index (χ4n) is 1.57. The van der Waals surface area contributed by atoms with Crippen LogP contribution >= 0.6 is 0 Å². The Morgan fingerprint density at radius 3 is 2.50 bits per heavy atom. The minimum Gasteiger partial charge on any atom is -0.330 e. The van der Waals surface area contributed by atoms with E-state index in [0.717, 1.165) is 10.5 Å². The third-order valence-corrected chi connectivity index (χ3v) is 1.93. The van der Waals surface area contributed by atoms with Gasteiger partial charge in [0, 0.05) is 0 Å². The van der Waals surface area contributed by atoms with Crippen molar-refractivity contribution in [3.8, 4) is 0 Å². The lowest BCUT2D eigenvalue weighted by Gasteiger charge is -2.27. The number of nitrogens with zero attached hydrogens (tertiary/aromatic N) is 1. The molecule has 1 aliphatic rings. The maximum Gasteiger partial charge on any atom is 0.0936 e. The van der Waals surface area contributed by atoms with Crippen molar-refractivity contribution in [2.75, 3.05) is 34.2 Å². The lowest BCUT2D eigenvalue weighted by molar-refractivity contribution is -0.871. The summed E-state index contributed by atoms with van der Waals surface area (Å²) in [5.74, 6) is 0. The highest BCUT2D eigenvalue weighted by Crippen LogP contribution is 2.07. The second-order valence-corrected chi connectivity index (χ2v) is 4.27. The maximum absolute atomic E-state index is 3.50. The zero-order valence-electron chi connectivity index (χ0n) is 7.35. The number of likely N-dealkylation sites (N-methyl/N-ethyl adjacent to an activating group) is 1. The number of hydrogen-bond acceptors (Lipinski definition) is 1. The molecule has 1 rings (SSSR count). The van der Waals surface area contributed by atoms with Crippen LogP contribution in [0.5, 0.6) is 0 Å². The Labute approximate surface area is 63.8 Å².